The van der Waals surface area contributed by atoms with E-state index in [1.807, 2.05) is 0 Å². The second-order valence-electron chi connectivity index (χ2n) is 5.03. The molecular formula is C14H14N8O4. The van der Waals surface area contributed by atoms with E-state index < -0.39 is 5.91 Å². The van der Waals surface area contributed by atoms with Crippen molar-refractivity contribution >= 4 is 17.9 Å². The Labute approximate surface area is 146 Å². The van der Waals surface area contributed by atoms with E-state index in [1.165, 1.54) is 19.4 Å². The first kappa shape index (κ1) is 16.9. The van der Waals surface area contributed by atoms with Crippen LogP contribution in [-0.4, -0.2) is 49.6 Å². The Morgan fingerprint density at radius 2 is 2.27 bits per heavy atom. The number of carbonyl (C=O) groups excluding carboxylic acids is 1. The molecule has 2 aromatic heterocycles. The molecule has 0 saturated heterocycles. The van der Waals surface area contributed by atoms with Gasteiger partial charge in [-0.25, -0.2) is 10.1 Å². The minimum absolute atomic E-state index is 0.0202. The number of anilines is 1. The number of phenols is 1. The Kier molecular flexibility index (Phi) is 4.47. The Balaban J connectivity index is 1.82. The maximum Gasteiger partial charge on any atom is 0.292 e. The summed E-state index contributed by atoms with van der Waals surface area (Å²) in [6.45, 7) is 1.58. The second kappa shape index (κ2) is 6.88. The van der Waals surface area contributed by atoms with Crippen LogP contribution in [0.25, 0.3) is 5.82 Å². The number of amides is 1. The molecule has 12 heteroatoms. The summed E-state index contributed by atoms with van der Waals surface area (Å²) in [7, 11) is 1.50. The van der Waals surface area contributed by atoms with Gasteiger partial charge in [-0.3, -0.25) is 4.79 Å². The van der Waals surface area contributed by atoms with Crippen LogP contribution in [-0.2, 0) is 0 Å². The molecule has 0 atom stereocenters. The SMILES string of the molecule is COc1ccc(O)c(/C=N/NC(=O)c2c(C)nnn2-c2nonc2N)c1. The average Bonchev–Trinajstić information content (AvgIpc) is 3.21. The molecule has 0 aliphatic carbocycles. The largest absolute Gasteiger partial charge is 0.507 e. The van der Waals surface area contributed by atoms with E-state index in [0.29, 0.717) is 17.0 Å². The number of aryl methyl sites for hydroxylation is 1. The van der Waals surface area contributed by atoms with Gasteiger partial charge >= 0.3 is 0 Å². The van der Waals surface area contributed by atoms with Gasteiger partial charge in [0.25, 0.3) is 5.91 Å². The van der Waals surface area contributed by atoms with Crippen molar-refractivity contribution in [3.63, 3.8) is 0 Å². The highest BCUT2D eigenvalue weighted by atomic mass is 16.6. The van der Waals surface area contributed by atoms with Crippen molar-refractivity contribution in [3.05, 3.63) is 35.2 Å². The number of carbonyl (C=O) groups is 1. The lowest BCUT2D eigenvalue weighted by atomic mass is 10.2. The van der Waals surface area contributed by atoms with Crippen molar-refractivity contribution in [2.45, 2.75) is 6.92 Å². The molecule has 2 heterocycles. The van der Waals surface area contributed by atoms with Gasteiger partial charge in [0.2, 0.25) is 11.6 Å². The van der Waals surface area contributed by atoms with Crippen LogP contribution in [0.15, 0.2) is 27.9 Å². The number of nitrogens with zero attached hydrogens (tertiary/aromatic N) is 6. The topological polar surface area (TPSA) is 167 Å². The summed E-state index contributed by atoms with van der Waals surface area (Å²) < 4.78 is 10.7. The van der Waals surface area contributed by atoms with Gasteiger partial charge in [0, 0.05) is 5.56 Å². The molecule has 0 radical (unpaired) electrons. The quantitative estimate of drug-likeness (QED) is 0.420. The molecule has 3 aromatic rings. The number of aromatic nitrogens is 5. The van der Waals surface area contributed by atoms with Crippen LogP contribution < -0.4 is 15.9 Å². The Hall–Kier alpha value is -3.96. The summed E-state index contributed by atoms with van der Waals surface area (Å²) in [5.74, 6) is -0.122. The van der Waals surface area contributed by atoms with Crippen LogP contribution in [0, 0.1) is 6.92 Å². The van der Waals surface area contributed by atoms with E-state index in [2.05, 4.69) is 35.8 Å². The predicted octanol–water partition coefficient (Wildman–Crippen LogP) is 0.0190. The summed E-state index contributed by atoms with van der Waals surface area (Å²) in [5, 5.41) is 28.3. The number of ether oxygens (including phenoxy) is 1. The first-order chi connectivity index (χ1) is 12.5. The zero-order valence-corrected chi connectivity index (χ0v) is 13.7. The molecule has 0 fully saturated rings. The fourth-order valence-electron chi connectivity index (χ4n) is 2.08. The number of hydrogen-bond acceptors (Lipinski definition) is 10. The van der Waals surface area contributed by atoms with E-state index in [0.717, 1.165) is 4.68 Å². The van der Waals surface area contributed by atoms with Gasteiger partial charge in [-0.15, -0.1) is 5.10 Å². The number of rotatable bonds is 5. The van der Waals surface area contributed by atoms with Gasteiger partial charge in [-0.1, -0.05) is 5.21 Å². The molecule has 134 valence electrons. The third-order valence-electron chi connectivity index (χ3n) is 3.35. The lowest BCUT2D eigenvalue weighted by Crippen LogP contribution is -2.22. The lowest BCUT2D eigenvalue weighted by Gasteiger charge is -2.04. The van der Waals surface area contributed by atoms with E-state index >= 15 is 0 Å². The molecule has 1 amide bonds. The summed E-state index contributed by atoms with van der Waals surface area (Å²) in [6, 6.07) is 4.60. The number of aromatic hydroxyl groups is 1. The van der Waals surface area contributed by atoms with Crippen LogP contribution in [0.4, 0.5) is 5.82 Å². The number of nitrogen functional groups attached to an aromatic ring is 1. The highest BCUT2D eigenvalue weighted by molar-refractivity contribution is 5.95. The monoisotopic (exact) mass is 358 g/mol. The van der Waals surface area contributed by atoms with Crippen LogP contribution in [0.5, 0.6) is 11.5 Å². The highest BCUT2D eigenvalue weighted by Crippen LogP contribution is 2.21. The van der Waals surface area contributed by atoms with Gasteiger partial charge < -0.3 is 15.6 Å². The van der Waals surface area contributed by atoms with Crippen LogP contribution in [0.2, 0.25) is 0 Å². The molecule has 0 aliphatic heterocycles. The fourth-order valence-corrected chi connectivity index (χ4v) is 2.08. The Morgan fingerprint density at radius 3 is 2.96 bits per heavy atom. The molecule has 0 bridgehead atoms. The van der Waals surface area contributed by atoms with Crippen LogP contribution >= 0.6 is 0 Å². The highest BCUT2D eigenvalue weighted by Gasteiger charge is 2.22. The van der Waals surface area contributed by atoms with Crippen LogP contribution in [0.3, 0.4) is 0 Å². The van der Waals surface area contributed by atoms with Gasteiger partial charge in [0.15, 0.2) is 5.69 Å². The van der Waals surface area contributed by atoms with Gasteiger partial charge in [-0.05, 0) is 35.4 Å². The summed E-state index contributed by atoms with van der Waals surface area (Å²) >= 11 is 0. The number of phenolic OH excluding ortho intramolecular Hbond substituents is 1. The fraction of sp³-hybridized carbons (Fsp3) is 0.143. The van der Waals surface area contributed by atoms with Gasteiger partial charge in [-0.2, -0.15) is 9.78 Å². The molecular weight excluding hydrogens is 344 g/mol. The number of methoxy groups -OCH3 is 1. The third-order valence-corrected chi connectivity index (χ3v) is 3.35. The standard InChI is InChI=1S/C14H14N8O4/c1-7-11(22(21-17-7)13-12(15)19-26-20-13)14(24)18-16-6-8-5-9(25-2)3-4-10(8)23/h3-6,23H,1-2H3,(H2,15,19)(H,18,24)/b16-6+. The van der Waals surface area contributed by atoms with Crippen molar-refractivity contribution in [2.75, 3.05) is 12.8 Å². The predicted molar refractivity (Wildman–Crippen MR) is 88.1 cm³/mol. The molecule has 3 rings (SSSR count). The first-order valence-electron chi connectivity index (χ1n) is 7.22. The lowest BCUT2D eigenvalue weighted by molar-refractivity contribution is 0.0946. The van der Waals surface area contributed by atoms with Crippen LogP contribution in [0.1, 0.15) is 21.7 Å². The van der Waals surface area contributed by atoms with E-state index in [1.54, 1.807) is 19.1 Å². The second-order valence-corrected chi connectivity index (χ2v) is 5.03. The summed E-state index contributed by atoms with van der Waals surface area (Å²) in [5.41, 5.74) is 8.67. The van der Waals surface area contributed by atoms with Crippen molar-refractivity contribution in [2.24, 2.45) is 5.10 Å². The van der Waals surface area contributed by atoms with Crippen molar-refractivity contribution in [1.29, 1.82) is 0 Å². The van der Waals surface area contributed by atoms with E-state index in [-0.39, 0.29) is 23.1 Å². The Bertz CT molecular complexity index is 977. The minimum Gasteiger partial charge on any atom is -0.507 e. The summed E-state index contributed by atoms with van der Waals surface area (Å²) in [6.07, 6.45) is 1.27. The summed E-state index contributed by atoms with van der Waals surface area (Å²) in [4.78, 5) is 12.4. The molecule has 0 aliphatic rings. The molecule has 26 heavy (non-hydrogen) atoms. The molecule has 4 N–H and O–H groups in total. The number of nitrogens with two attached hydrogens (primary N) is 1. The molecule has 0 unspecified atom stereocenters. The number of hydrogen-bond donors (Lipinski definition) is 3. The van der Waals surface area contributed by atoms with Crippen molar-refractivity contribution < 1.29 is 19.3 Å². The third kappa shape index (κ3) is 3.15. The average molecular weight is 358 g/mol. The van der Waals surface area contributed by atoms with Crippen molar-refractivity contribution in [3.8, 4) is 17.3 Å². The molecule has 0 spiro atoms. The van der Waals surface area contributed by atoms with E-state index in [9.17, 15) is 9.90 Å². The molecule has 0 saturated carbocycles. The van der Waals surface area contributed by atoms with Gasteiger partial charge in [0.05, 0.1) is 19.0 Å². The Morgan fingerprint density at radius 1 is 1.46 bits per heavy atom. The maximum atomic E-state index is 12.4. The van der Waals surface area contributed by atoms with Crippen molar-refractivity contribution in [1.82, 2.24) is 30.7 Å². The first-order valence-corrected chi connectivity index (χ1v) is 7.22. The number of benzene rings is 1. The maximum absolute atomic E-state index is 12.4. The smallest absolute Gasteiger partial charge is 0.292 e. The zero-order chi connectivity index (χ0) is 18.7. The molecule has 1 aromatic carbocycles. The van der Waals surface area contributed by atoms with E-state index in [4.69, 9.17) is 10.5 Å². The normalized spacial score (nSPS) is 11.0. The van der Waals surface area contributed by atoms with Gasteiger partial charge in [0.1, 0.15) is 11.5 Å². The number of hydrazone groups is 1. The molecule has 12 nitrogen and oxygen atoms in total. The zero-order valence-electron chi connectivity index (χ0n) is 13.7. The number of nitrogens with one attached hydrogen (secondary N) is 1. The minimum atomic E-state index is -0.617.